The van der Waals surface area contributed by atoms with E-state index in [0.717, 1.165) is 23.5 Å². The fraction of sp³-hybridized carbons (Fsp3) is 0.350. The number of amides is 1. The van der Waals surface area contributed by atoms with Crippen molar-refractivity contribution in [2.75, 3.05) is 29.9 Å². The monoisotopic (exact) mass is 324 g/mol. The van der Waals surface area contributed by atoms with Gasteiger partial charge < -0.3 is 15.0 Å². The first-order valence-electron chi connectivity index (χ1n) is 8.39. The zero-order valence-corrected chi connectivity index (χ0v) is 14.6. The quantitative estimate of drug-likeness (QED) is 0.850. The number of carbonyl (C=O) groups excluding carboxylic acids is 1. The van der Waals surface area contributed by atoms with E-state index in [-0.39, 0.29) is 5.91 Å². The van der Waals surface area contributed by atoms with Gasteiger partial charge in [0.05, 0.1) is 24.5 Å². The Morgan fingerprint density at radius 2 is 1.79 bits per heavy atom. The van der Waals surface area contributed by atoms with E-state index in [9.17, 15) is 4.79 Å². The van der Waals surface area contributed by atoms with E-state index in [1.54, 1.807) is 0 Å². The molecule has 0 saturated carbocycles. The molecular weight excluding hydrogens is 300 g/mol. The van der Waals surface area contributed by atoms with Crippen molar-refractivity contribution in [2.45, 2.75) is 27.2 Å². The van der Waals surface area contributed by atoms with Gasteiger partial charge in [-0.25, -0.2) is 0 Å². The molecule has 0 atom stereocenters. The Morgan fingerprint density at radius 3 is 2.54 bits per heavy atom. The summed E-state index contributed by atoms with van der Waals surface area (Å²) >= 11 is 0. The van der Waals surface area contributed by atoms with Crippen molar-refractivity contribution in [3.63, 3.8) is 0 Å². The summed E-state index contributed by atoms with van der Waals surface area (Å²) in [6.45, 7) is 7.85. The van der Waals surface area contributed by atoms with Crippen LogP contribution in [0.3, 0.4) is 0 Å². The lowest BCUT2D eigenvalue weighted by molar-refractivity contribution is -0.117. The summed E-state index contributed by atoms with van der Waals surface area (Å²) in [5.74, 6) is 0.986. The lowest BCUT2D eigenvalue weighted by atomic mass is 10.1. The van der Waals surface area contributed by atoms with Gasteiger partial charge in [-0.2, -0.15) is 0 Å². The molecule has 1 heterocycles. The van der Waals surface area contributed by atoms with Crippen LogP contribution in [0.5, 0.6) is 5.75 Å². The molecule has 0 aromatic heterocycles. The molecule has 2 aromatic carbocycles. The standard InChI is InChI=1S/C20H24N2O2/c1-14-5-7-17(8-6-14)24-10-4-9-22-19-12-16(3)15(2)11-18(19)21-13-20(22)23/h5-8,11-12,21H,4,9-10,13H2,1-3H3. The second kappa shape index (κ2) is 6.95. The average molecular weight is 324 g/mol. The molecule has 0 aliphatic carbocycles. The van der Waals surface area contributed by atoms with E-state index in [2.05, 4.69) is 38.2 Å². The van der Waals surface area contributed by atoms with Gasteiger partial charge in [-0.1, -0.05) is 17.7 Å². The molecule has 0 unspecified atom stereocenters. The van der Waals surface area contributed by atoms with Crippen LogP contribution >= 0.6 is 0 Å². The number of nitrogens with one attached hydrogen (secondary N) is 1. The molecule has 1 aliphatic heterocycles. The van der Waals surface area contributed by atoms with Crippen LogP contribution in [0.1, 0.15) is 23.1 Å². The van der Waals surface area contributed by atoms with Gasteiger partial charge in [-0.3, -0.25) is 4.79 Å². The maximum Gasteiger partial charge on any atom is 0.246 e. The Hall–Kier alpha value is -2.49. The number of hydrogen-bond donors (Lipinski definition) is 1. The molecule has 1 aliphatic rings. The van der Waals surface area contributed by atoms with E-state index < -0.39 is 0 Å². The summed E-state index contributed by atoms with van der Waals surface area (Å²) in [6, 6.07) is 12.2. The van der Waals surface area contributed by atoms with Crippen LogP contribution in [0.25, 0.3) is 0 Å². The largest absolute Gasteiger partial charge is 0.494 e. The number of aryl methyl sites for hydroxylation is 3. The normalized spacial score (nSPS) is 13.5. The Kier molecular flexibility index (Phi) is 4.74. The van der Waals surface area contributed by atoms with Crippen molar-refractivity contribution < 1.29 is 9.53 Å². The Bertz CT molecular complexity index is 738. The lowest BCUT2D eigenvalue weighted by Crippen LogP contribution is -2.41. The number of rotatable bonds is 5. The molecule has 24 heavy (non-hydrogen) atoms. The molecule has 0 bridgehead atoms. The fourth-order valence-electron chi connectivity index (χ4n) is 2.86. The molecule has 4 nitrogen and oxygen atoms in total. The maximum atomic E-state index is 12.3. The number of hydrogen-bond acceptors (Lipinski definition) is 3. The maximum absolute atomic E-state index is 12.3. The molecule has 126 valence electrons. The summed E-state index contributed by atoms with van der Waals surface area (Å²) in [4.78, 5) is 14.1. The third kappa shape index (κ3) is 3.53. The summed E-state index contributed by atoms with van der Waals surface area (Å²) in [6.07, 6.45) is 0.798. The van der Waals surface area contributed by atoms with Crippen molar-refractivity contribution in [3.05, 3.63) is 53.1 Å². The number of benzene rings is 2. The minimum atomic E-state index is 0.112. The van der Waals surface area contributed by atoms with E-state index in [0.29, 0.717) is 19.7 Å². The zero-order chi connectivity index (χ0) is 17.1. The summed E-state index contributed by atoms with van der Waals surface area (Å²) in [5, 5.41) is 3.21. The first-order valence-corrected chi connectivity index (χ1v) is 8.39. The smallest absolute Gasteiger partial charge is 0.246 e. The van der Waals surface area contributed by atoms with Gasteiger partial charge in [0.25, 0.3) is 0 Å². The highest BCUT2D eigenvalue weighted by atomic mass is 16.5. The van der Waals surface area contributed by atoms with Crippen LogP contribution in [-0.2, 0) is 4.79 Å². The van der Waals surface area contributed by atoms with Crippen LogP contribution in [0.4, 0.5) is 11.4 Å². The van der Waals surface area contributed by atoms with Crippen molar-refractivity contribution >= 4 is 17.3 Å². The zero-order valence-electron chi connectivity index (χ0n) is 14.6. The molecular formula is C20H24N2O2. The van der Waals surface area contributed by atoms with Gasteiger partial charge in [-0.05, 0) is 62.6 Å². The van der Waals surface area contributed by atoms with Crippen molar-refractivity contribution in [2.24, 2.45) is 0 Å². The van der Waals surface area contributed by atoms with E-state index in [1.165, 1.54) is 16.7 Å². The molecule has 0 fully saturated rings. The molecule has 2 aromatic rings. The predicted octanol–water partition coefficient (Wildman–Crippen LogP) is 3.84. The van der Waals surface area contributed by atoms with Gasteiger partial charge in [0.15, 0.2) is 0 Å². The van der Waals surface area contributed by atoms with Crippen LogP contribution in [0.2, 0.25) is 0 Å². The van der Waals surface area contributed by atoms with Crippen molar-refractivity contribution in [3.8, 4) is 5.75 Å². The number of ether oxygens (including phenoxy) is 1. The molecule has 3 rings (SSSR count). The predicted molar refractivity (Wildman–Crippen MR) is 98.0 cm³/mol. The summed E-state index contributed by atoms with van der Waals surface area (Å²) in [5.41, 5.74) is 5.67. The SMILES string of the molecule is Cc1ccc(OCCCN2C(=O)CNc3cc(C)c(C)cc32)cc1. The molecule has 0 saturated heterocycles. The second-order valence-corrected chi connectivity index (χ2v) is 6.37. The van der Waals surface area contributed by atoms with Crippen LogP contribution in [0.15, 0.2) is 36.4 Å². The number of anilines is 2. The number of fused-ring (bicyclic) bond motifs is 1. The molecule has 0 radical (unpaired) electrons. The third-order valence-corrected chi connectivity index (χ3v) is 4.45. The highest BCUT2D eigenvalue weighted by molar-refractivity contribution is 6.02. The highest BCUT2D eigenvalue weighted by Gasteiger charge is 2.24. The molecule has 4 heteroatoms. The van der Waals surface area contributed by atoms with Crippen molar-refractivity contribution in [1.82, 2.24) is 0 Å². The van der Waals surface area contributed by atoms with Gasteiger partial charge in [0.1, 0.15) is 5.75 Å². The Balaban J connectivity index is 1.62. The lowest BCUT2D eigenvalue weighted by Gasteiger charge is -2.31. The molecule has 1 N–H and O–H groups in total. The third-order valence-electron chi connectivity index (χ3n) is 4.45. The Labute approximate surface area is 143 Å². The van der Waals surface area contributed by atoms with Gasteiger partial charge >= 0.3 is 0 Å². The average Bonchev–Trinajstić information content (AvgIpc) is 2.56. The first-order chi connectivity index (χ1) is 11.5. The number of nitrogens with zero attached hydrogens (tertiary/aromatic N) is 1. The van der Waals surface area contributed by atoms with Crippen molar-refractivity contribution in [1.29, 1.82) is 0 Å². The second-order valence-electron chi connectivity index (χ2n) is 6.37. The number of carbonyl (C=O) groups is 1. The topological polar surface area (TPSA) is 41.6 Å². The summed E-state index contributed by atoms with van der Waals surface area (Å²) < 4.78 is 5.76. The van der Waals surface area contributed by atoms with Crippen LogP contribution in [0, 0.1) is 20.8 Å². The summed E-state index contributed by atoms with van der Waals surface area (Å²) in [7, 11) is 0. The van der Waals surface area contributed by atoms with Gasteiger partial charge in [0.2, 0.25) is 5.91 Å². The van der Waals surface area contributed by atoms with E-state index in [4.69, 9.17) is 4.74 Å². The fourth-order valence-corrected chi connectivity index (χ4v) is 2.86. The molecule has 0 spiro atoms. The molecule has 1 amide bonds. The van der Waals surface area contributed by atoms with Crippen LogP contribution < -0.4 is 15.0 Å². The van der Waals surface area contributed by atoms with E-state index in [1.807, 2.05) is 29.2 Å². The van der Waals surface area contributed by atoms with Gasteiger partial charge in [0, 0.05) is 6.54 Å². The minimum absolute atomic E-state index is 0.112. The van der Waals surface area contributed by atoms with Gasteiger partial charge in [-0.15, -0.1) is 0 Å². The first kappa shape index (κ1) is 16.4. The Morgan fingerprint density at radius 1 is 1.08 bits per heavy atom. The minimum Gasteiger partial charge on any atom is -0.494 e. The highest BCUT2D eigenvalue weighted by Crippen LogP contribution is 2.32. The van der Waals surface area contributed by atoms with Crippen LogP contribution in [-0.4, -0.2) is 25.6 Å². The van der Waals surface area contributed by atoms with E-state index >= 15 is 0 Å².